The first-order valence-electron chi connectivity index (χ1n) is 6.81. The van der Waals surface area contributed by atoms with Crippen LogP contribution in [-0.2, 0) is 4.79 Å². The van der Waals surface area contributed by atoms with Crippen molar-refractivity contribution in [3.05, 3.63) is 34.3 Å². The van der Waals surface area contributed by atoms with Crippen molar-refractivity contribution in [3.63, 3.8) is 0 Å². The highest BCUT2D eigenvalue weighted by molar-refractivity contribution is 9.10. The summed E-state index contributed by atoms with van der Waals surface area (Å²) < 4.78 is 0.834. The number of benzene rings is 1. The Balaban J connectivity index is 2.15. The van der Waals surface area contributed by atoms with Crippen LogP contribution in [0.1, 0.15) is 48.9 Å². The van der Waals surface area contributed by atoms with Crippen LogP contribution < -0.4 is 5.32 Å². The third-order valence-corrected chi connectivity index (χ3v) is 4.26. The molecule has 4 nitrogen and oxygen atoms in total. The van der Waals surface area contributed by atoms with Crippen molar-refractivity contribution < 1.29 is 14.7 Å². The summed E-state index contributed by atoms with van der Waals surface area (Å²) in [5.74, 6) is -1.06. The Bertz CT molecular complexity index is 510. The van der Waals surface area contributed by atoms with E-state index in [0.29, 0.717) is 5.56 Å². The number of rotatable bonds is 4. The van der Waals surface area contributed by atoms with Crippen molar-refractivity contribution in [2.45, 2.75) is 44.1 Å². The van der Waals surface area contributed by atoms with Crippen LogP contribution in [0.25, 0.3) is 0 Å². The third-order valence-electron chi connectivity index (χ3n) is 3.77. The summed E-state index contributed by atoms with van der Waals surface area (Å²) in [5, 5.41) is 12.1. The van der Waals surface area contributed by atoms with E-state index in [1.807, 2.05) is 6.07 Å². The minimum Gasteiger partial charge on any atom is -0.481 e. The van der Waals surface area contributed by atoms with E-state index in [1.54, 1.807) is 18.2 Å². The maximum atomic E-state index is 12.3. The molecule has 0 aromatic heterocycles. The van der Waals surface area contributed by atoms with Crippen molar-refractivity contribution in [1.29, 1.82) is 0 Å². The van der Waals surface area contributed by atoms with Gasteiger partial charge in [-0.2, -0.15) is 0 Å². The van der Waals surface area contributed by atoms with Crippen LogP contribution in [0, 0.1) is 0 Å². The SMILES string of the molecule is O=C(O)CC1(NC(=O)c2cccc(Br)c2)CCCCC1. The molecule has 1 aliphatic rings. The van der Waals surface area contributed by atoms with Crippen LogP contribution in [0.15, 0.2) is 28.7 Å². The van der Waals surface area contributed by atoms with Crippen molar-refractivity contribution in [1.82, 2.24) is 5.32 Å². The number of carboxylic acids is 1. The van der Waals surface area contributed by atoms with Gasteiger partial charge in [-0.05, 0) is 31.0 Å². The first kappa shape index (κ1) is 15.0. The van der Waals surface area contributed by atoms with Crippen LogP contribution >= 0.6 is 15.9 Å². The van der Waals surface area contributed by atoms with E-state index in [4.69, 9.17) is 5.11 Å². The molecule has 5 heteroatoms. The molecule has 0 spiro atoms. The fourth-order valence-corrected chi connectivity index (χ4v) is 3.21. The second kappa shape index (κ2) is 6.39. The van der Waals surface area contributed by atoms with Gasteiger partial charge in [-0.1, -0.05) is 41.3 Å². The number of carbonyl (C=O) groups excluding carboxylic acids is 1. The van der Waals surface area contributed by atoms with E-state index < -0.39 is 11.5 Å². The average molecular weight is 340 g/mol. The number of amides is 1. The lowest BCUT2D eigenvalue weighted by molar-refractivity contribution is -0.139. The molecule has 108 valence electrons. The number of carbonyl (C=O) groups is 2. The van der Waals surface area contributed by atoms with E-state index in [1.165, 1.54) is 0 Å². The summed E-state index contributed by atoms with van der Waals surface area (Å²) in [6.45, 7) is 0. The lowest BCUT2D eigenvalue weighted by Gasteiger charge is -2.37. The van der Waals surface area contributed by atoms with Gasteiger partial charge in [0.25, 0.3) is 5.91 Å². The van der Waals surface area contributed by atoms with Crippen LogP contribution in [0.2, 0.25) is 0 Å². The number of hydrogen-bond donors (Lipinski definition) is 2. The fourth-order valence-electron chi connectivity index (χ4n) is 2.81. The molecule has 0 aliphatic heterocycles. The van der Waals surface area contributed by atoms with Gasteiger partial charge in [-0.3, -0.25) is 9.59 Å². The molecule has 2 N–H and O–H groups in total. The molecule has 20 heavy (non-hydrogen) atoms. The summed E-state index contributed by atoms with van der Waals surface area (Å²) in [4.78, 5) is 23.4. The van der Waals surface area contributed by atoms with Gasteiger partial charge in [0.1, 0.15) is 0 Å². The van der Waals surface area contributed by atoms with Crippen LogP contribution in [0.3, 0.4) is 0 Å². The van der Waals surface area contributed by atoms with Gasteiger partial charge in [0.15, 0.2) is 0 Å². The zero-order valence-corrected chi connectivity index (χ0v) is 12.8. The average Bonchev–Trinajstić information content (AvgIpc) is 2.38. The van der Waals surface area contributed by atoms with Gasteiger partial charge >= 0.3 is 5.97 Å². The Kier molecular flexibility index (Phi) is 4.81. The zero-order chi connectivity index (χ0) is 14.6. The maximum absolute atomic E-state index is 12.3. The highest BCUT2D eigenvalue weighted by atomic mass is 79.9. The maximum Gasteiger partial charge on any atom is 0.305 e. The van der Waals surface area contributed by atoms with E-state index in [-0.39, 0.29) is 12.3 Å². The second-order valence-corrected chi connectivity index (χ2v) is 6.29. The lowest BCUT2D eigenvalue weighted by atomic mass is 9.79. The first-order valence-corrected chi connectivity index (χ1v) is 7.60. The molecule has 1 fully saturated rings. The van der Waals surface area contributed by atoms with Gasteiger partial charge in [0.2, 0.25) is 0 Å². The Morgan fingerprint density at radius 2 is 1.95 bits per heavy atom. The predicted molar refractivity (Wildman–Crippen MR) is 79.7 cm³/mol. The van der Waals surface area contributed by atoms with E-state index in [2.05, 4.69) is 21.2 Å². The molecule has 0 unspecified atom stereocenters. The van der Waals surface area contributed by atoms with Crippen molar-refractivity contribution in [2.24, 2.45) is 0 Å². The Labute approximate surface area is 126 Å². The summed E-state index contributed by atoms with van der Waals surface area (Å²) >= 11 is 3.34. The molecular formula is C15H18BrNO3. The number of aliphatic carboxylic acids is 1. The number of nitrogens with one attached hydrogen (secondary N) is 1. The summed E-state index contributed by atoms with van der Waals surface area (Å²) in [6.07, 6.45) is 4.50. The molecule has 2 rings (SSSR count). The first-order chi connectivity index (χ1) is 9.51. The van der Waals surface area contributed by atoms with Crippen LogP contribution in [0.4, 0.5) is 0 Å². The molecule has 1 amide bonds. The molecular weight excluding hydrogens is 322 g/mol. The number of carboxylic acid groups (broad SMARTS) is 1. The van der Waals surface area contributed by atoms with Gasteiger partial charge < -0.3 is 10.4 Å². The molecule has 0 radical (unpaired) electrons. The van der Waals surface area contributed by atoms with Crippen LogP contribution in [-0.4, -0.2) is 22.5 Å². The van der Waals surface area contributed by atoms with E-state index >= 15 is 0 Å². The second-order valence-electron chi connectivity index (χ2n) is 5.38. The minimum atomic E-state index is -0.860. The third kappa shape index (κ3) is 3.82. The van der Waals surface area contributed by atoms with Crippen molar-refractivity contribution in [2.75, 3.05) is 0 Å². The number of hydrogen-bond acceptors (Lipinski definition) is 2. The quantitative estimate of drug-likeness (QED) is 0.883. The van der Waals surface area contributed by atoms with E-state index in [9.17, 15) is 9.59 Å². The highest BCUT2D eigenvalue weighted by Crippen LogP contribution is 2.31. The monoisotopic (exact) mass is 339 g/mol. The zero-order valence-electron chi connectivity index (χ0n) is 11.2. The minimum absolute atomic E-state index is 0.00720. The van der Waals surface area contributed by atoms with Gasteiger partial charge in [-0.15, -0.1) is 0 Å². The van der Waals surface area contributed by atoms with Gasteiger partial charge in [0, 0.05) is 10.0 Å². The molecule has 1 saturated carbocycles. The number of halogens is 1. The van der Waals surface area contributed by atoms with Crippen LogP contribution in [0.5, 0.6) is 0 Å². The van der Waals surface area contributed by atoms with Crippen molar-refractivity contribution in [3.8, 4) is 0 Å². The lowest BCUT2D eigenvalue weighted by Crippen LogP contribution is -2.51. The predicted octanol–water partition coefficient (Wildman–Crippen LogP) is 3.36. The van der Waals surface area contributed by atoms with E-state index in [0.717, 1.165) is 36.6 Å². The molecule has 0 bridgehead atoms. The summed E-state index contributed by atoms with van der Waals surface area (Å²) in [5.41, 5.74) is -0.0431. The highest BCUT2D eigenvalue weighted by Gasteiger charge is 2.35. The smallest absolute Gasteiger partial charge is 0.305 e. The fraction of sp³-hybridized carbons (Fsp3) is 0.467. The molecule has 0 saturated heterocycles. The summed E-state index contributed by atoms with van der Waals surface area (Å²) in [6, 6.07) is 7.12. The molecule has 1 aromatic carbocycles. The van der Waals surface area contributed by atoms with Gasteiger partial charge in [-0.25, -0.2) is 0 Å². The molecule has 0 atom stereocenters. The normalized spacial score (nSPS) is 17.4. The summed E-state index contributed by atoms with van der Waals surface area (Å²) in [7, 11) is 0. The Hall–Kier alpha value is -1.36. The molecule has 1 aliphatic carbocycles. The largest absolute Gasteiger partial charge is 0.481 e. The van der Waals surface area contributed by atoms with Crippen molar-refractivity contribution >= 4 is 27.8 Å². The standard InChI is InChI=1S/C15H18BrNO3/c16-12-6-4-5-11(9-12)14(20)17-15(10-13(18)19)7-2-1-3-8-15/h4-6,9H,1-3,7-8,10H2,(H,17,20)(H,18,19). The molecule has 0 heterocycles. The topological polar surface area (TPSA) is 66.4 Å². The Morgan fingerprint density at radius 1 is 1.25 bits per heavy atom. The Morgan fingerprint density at radius 3 is 2.55 bits per heavy atom. The molecule has 1 aromatic rings. The van der Waals surface area contributed by atoms with Gasteiger partial charge in [0.05, 0.1) is 12.0 Å².